The molecule has 0 heterocycles. The summed E-state index contributed by atoms with van der Waals surface area (Å²) in [4.78, 5) is 11.3. The lowest BCUT2D eigenvalue weighted by atomic mass is 10.2. The molecule has 2 atom stereocenters. The highest BCUT2D eigenvalue weighted by Crippen LogP contribution is 2.00. The van der Waals surface area contributed by atoms with E-state index in [0.29, 0.717) is 33.0 Å². The monoisotopic (exact) mass is 278 g/mol. The van der Waals surface area contributed by atoms with Crippen molar-refractivity contribution in [2.75, 3.05) is 46.6 Å². The number of hydrogen-bond donors (Lipinski definition) is 2. The smallest absolute Gasteiger partial charge is 0.222 e. The third kappa shape index (κ3) is 10.9. The van der Waals surface area contributed by atoms with Crippen molar-refractivity contribution in [2.24, 2.45) is 5.92 Å². The second-order valence-corrected chi connectivity index (χ2v) is 5.39. The second-order valence-electron chi connectivity index (χ2n) is 4.45. The van der Waals surface area contributed by atoms with Gasteiger partial charge in [0, 0.05) is 24.7 Å². The number of carbonyl (C=O) groups excluding carboxylic acids is 1. The molecule has 6 heteroatoms. The van der Waals surface area contributed by atoms with E-state index in [9.17, 15) is 4.79 Å². The number of nitrogens with one attached hydrogen (secondary N) is 2. The molecule has 0 bridgehead atoms. The van der Waals surface area contributed by atoms with Crippen LogP contribution in [-0.4, -0.2) is 58.1 Å². The fraction of sp³-hybridized carbons (Fsp3) is 0.917. The molecule has 0 aromatic rings. The van der Waals surface area contributed by atoms with Crippen molar-refractivity contribution < 1.29 is 14.3 Å². The maximum atomic E-state index is 11.3. The first kappa shape index (κ1) is 17.8. The molecular weight excluding hydrogens is 251 g/mol. The van der Waals surface area contributed by atoms with Crippen LogP contribution in [0.1, 0.15) is 13.8 Å². The summed E-state index contributed by atoms with van der Waals surface area (Å²) in [5, 5.41) is 5.88. The first-order valence-electron chi connectivity index (χ1n) is 6.41. The Balaban J connectivity index is 3.32. The Bertz CT molecular complexity index is 215. The summed E-state index contributed by atoms with van der Waals surface area (Å²) in [6.45, 7) is 7.76. The third-order valence-electron chi connectivity index (χ3n) is 2.26. The van der Waals surface area contributed by atoms with Crippen molar-refractivity contribution in [1.82, 2.24) is 10.6 Å². The van der Waals surface area contributed by atoms with Crippen LogP contribution in [0.3, 0.4) is 0 Å². The minimum Gasteiger partial charge on any atom is -0.378 e. The van der Waals surface area contributed by atoms with E-state index in [-0.39, 0.29) is 17.5 Å². The molecule has 108 valence electrons. The molecule has 2 unspecified atom stereocenters. The normalized spacial score (nSPS) is 12.7. The number of rotatable bonds is 11. The van der Waals surface area contributed by atoms with Crippen molar-refractivity contribution in [3.8, 4) is 0 Å². The van der Waals surface area contributed by atoms with E-state index in [1.807, 2.05) is 20.9 Å². The largest absolute Gasteiger partial charge is 0.378 e. The summed E-state index contributed by atoms with van der Waals surface area (Å²) in [7, 11) is 4.57. The summed E-state index contributed by atoms with van der Waals surface area (Å²) in [5.41, 5.74) is 0.241. The van der Waals surface area contributed by atoms with Gasteiger partial charge < -0.3 is 20.1 Å². The molecule has 0 saturated carbocycles. The highest BCUT2D eigenvalue weighted by atomic mass is 31.0. The molecule has 0 aromatic carbocycles. The lowest BCUT2D eigenvalue weighted by Gasteiger charge is -2.14. The third-order valence-corrected chi connectivity index (χ3v) is 2.69. The molecule has 5 nitrogen and oxygen atoms in total. The van der Waals surface area contributed by atoms with Gasteiger partial charge in [-0.1, -0.05) is 13.8 Å². The van der Waals surface area contributed by atoms with E-state index in [0.717, 1.165) is 6.54 Å². The molecule has 1 amide bonds. The van der Waals surface area contributed by atoms with Crippen LogP contribution in [0.4, 0.5) is 0 Å². The first-order valence-corrected chi connectivity index (χ1v) is 7.08. The highest BCUT2D eigenvalue weighted by molar-refractivity contribution is 7.17. The summed E-state index contributed by atoms with van der Waals surface area (Å²) < 4.78 is 10.8. The number of carbonyl (C=O) groups is 1. The predicted molar refractivity (Wildman–Crippen MR) is 76.9 cm³/mol. The Morgan fingerprint density at radius 1 is 1.22 bits per heavy atom. The Morgan fingerprint density at radius 2 is 1.89 bits per heavy atom. The maximum Gasteiger partial charge on any atom is 0.222 e. The zero-order chi connectivity index (χ0) is 13.8. The van der Waals surface area contributed by atoms with Crippen LogP contribution in [0.15, 0.2) is 0 Å². The molecule has 18 heavy (non-hydrogen) atoms. The van der Waals surface area contributed by atoms with Crippen LogP contribution in [0, 0.1) is 5.92 Å². The topological polar surface area (TPSA) is 59.6 Å². The summed E-state index contributed by atoms with van der Waals surface area (Å²) in [5.74, 6) is 0.113. The van der Waals surface area contributed by atoms with Crippen molar-refractivity contribution in [1.29, 1.82) is 0 Å². The number of hydrogen-bond acceptors (Lipinski definition) is 4. The standard InChI is InChI=1S/C12H27N2O3P/c1-10(2)12(15)14-8-11(18)9-17-7-6-16-5-4-13-3/h10-11,13H,4-9,18H2,1-3H3,(H,14,15). The zero-order valence-corrected chi connectivity index (χ0v) is 12.9. The quantitative estimate of drug-likeness (QED) is 0.420. The molecule has 2 N–H and O–H groups in total. The van der Waals surface area contributed by atoms with Crippen LogP contribution in [0.25, 0.3) is 0 Å². The van der Waals surface area contributed by atoms with Gasteiger partial charge in [-0.3, -0.25) is 4.79 Å². The van der Waals surface area contributed by atoms with Crippen molar-refractivity contribution in [2.45, 2.75) is 19.5 Å². The van der Waals surface area contributed by atoms with Gasteiger partial charge in [0.2, 0.25) is 5.91 Å². The SMILES string of the molecule is CNCCOCCOCC(P)CNC(=O)C(C)C. The highest BCUT2D eigenvalue weighted by Gasteiger charge is 2.08. The molecule has 0 spiro atoms. The van der Waals surface area contributed by atoms with Gasteiger partial charge in [0.25, 0.3) is 0 Å². The predicted octanol–water partition coefficient (Wildman–Crippen LogP) is 0.255. The van der Waals surface area contributed by atoms with Gasteiger partial charge >= 0.3 is 0 Å². The molecule has 0 saturated heterocycles. The van der Waals surface area contributed by atoms with Gasteiger partial charge in [0.1, 0.15) is 0 Å². The fourth-order valence-corrected chi connectivity index (χ4v) is 1.38. The Labute approximate surface area is 113 Å². The number of amides is 1. The average molecular weight is 278 g/mol. The molecular formula is C12H27N2O3P. The van der Waals surface area contributed by atoms with Crippen molar-refractivity contribution in [3.05, 3.63) is 0 Å². The maximum absolute atomic E-state index is 11.3. The molecule has 0 radical (unpaired) electrons. The molecule has 0 aliphatic heterocycles. The number of likely N-dealkylation sites (N-methyl/N-ethyl adjacent to an activating group) is 1. The van der Waals surface area contributed by atoms with Gasteiger partial charge in [0.05, 0.1) is 26.4 Å². The van der Waals surface area contributed by atoms with E-state index < -0.39 is 0 Å². The van der Waals surface area contributed by atoms with Crippen LogP contribution in [0.5, 0.6) is 0 Å². The summed E-state index contributed by atoms with van der Waals surface area (Å²) in [6.07, 6.45) is 0. The van der Waals surface area contributed by atoms with Gasteiger partial charge in [-0.05, 0) is 7.05 Å². The lowest BCUT2D eigenvalue weighted by Crippen LogP contribution is -2.34. The van der Waals surface area contributed by atoms with Gasteiger partial charge in [-0.15, -0.1) is 9.24 Å². The summed E-state index contributed by atoms with van der Waals surface area (Å²) >= 11 is 0. The average Bonchev–Trinajstić information content (AvgIpc) is 2.34. The first-order chi connectivity index (χ1) is 8.57. The fourth-order valence-electron chi connectivity index (χ4n) is 1.12. The van der Waals surface area contributed by atoms with Crippen LogP contribution in [-0.2, 0) is 14.3 Å². The van der Waals surface area contributed by atoms with Gasteiger partial charge in [-0.25, -0.2) is 0 Å². The second kappa shape index (κ2) is 11.8. The van der Waals surface area contributed by atoms with Crippen LogP contribution < -0.4 is 10.6 Å². The Hall–Kier alpha value is -0.220. The summed E-state index contributed by atoms with van der Waals surface area (Å²) in [6, 6.07) is 0. The van der Waals surface area contributed by atoms with E-state index in [4.69, 9.17) is 9.47 Å². The van der Waals surface area contributed by atoms with Gasteiger partial charge in [-0.2, -0.15) is 0 Å². The van der Waals surface area contributed by atoms with Crippen molar-refractivity contribution >= 4 is 15.1 Å². The Morgan fingerprint density at radius 3 is 2.50 bits per heavy atom. The molecule has 0 fully saturated rings. The van der Waals surface area contributed by atoms with E-state index in [1.165, 1.54) is 0 Å². The van der Waals surface area contributed by atoms with E-state index >= 15 is 0 Å². The molecule has 0 aliphatic rings. The number of ether oxygens (including phenoxy) is 2. The molecule has 0 aliphatic carbocycles. The van der Waals surface area contributed by atoms with Crippen LogP contribution in [0.2, 0.25) is 0 Å². The van der Waals surface area contributed by atoms with Gasteiger partial charge in [0.15, 0.2) is 0 Å². The lowest BCUT2D eigenvalue weighted by molar-refractivity contribution is -0.124. The zero-order valence-electron chi connectivity index (χ0n) is 11.7. The Kier molecular flexibility index (Phi) is 11.7. The minimum atomic E-state index is 0.0312. The molecule has 0 aromatic heterocycles. The van der Waals surface area contributed by atoms with Crippen LogP contribution >= 0.6 is 9.24 Å². The van der Waals surface area contributed by atoms with E-state index in [2.05, 4.69) is 19.9 Å². The van der Waals surface area contributed by atoms with Crippen molar-refractivity contribution in [3.63, 3.8) is 0 Å². The van der Waals surface area contributed by atoms with E-state index in [1.54, 1.807) is 0 Å². The molecule has 0 rings (SSSR count). The minimum absolute atomic E-state index is 0.0312.